The van der Waals surface area contributed by atoms with E-state index in [2.05, 4.69) is 5.32 Å². The molecule has 0 aliphatic rings. The van der Waals surface area contributed by atoms with E-state index in [1.54, 1.807) is 6.07 Å². The van der Waals surface area contributed by atoms with Crippen molar-refractivity contribution in [2.45, 2.75) is 20.4 Å². The molecule has 0 aliphatic heterocycles. The van der Waals surface area contributed by atoms with Gasteiger partial charge in [0.15, 0.2) is 5.76 Å². The topological polar surface area (TPSA) is 55.4 Å². The summed E-state index contributed by atoms with van der Waals surface area (Å²) < 4.78 is 10.9. The van der Waals surface area contributed by atoms with Crippen LogP contribution in [0.25, 0.3) is 11.0 Å². The molecule has 1 aromatic carbocycles. The molecular weight excluding hydrogens is 254 g/mol. The minimum Gasteiger partial charge on any atom is -0.466 e. The maximum absolute atomic E-state index is 12.1. The van der Waals surface area contributed by atoms with Gasteiger partial charge in [-0.2, -0.15) is 0 Å². The number of benzene rings is 1. The number of rotatable bonds is 3. The Morgan fingerprint density at radius 1 is 1.15 bits per heavy atom. The average Bonchev–Trinajstić information content (AvgIpc) is 2.99. The molecule has 0 fully saturated rings. The molecule has 3 aromatic rings. The van der Waals surface area contributed by atoms with Gasteiger partial charge in [0, 0.05) is 17.5 Å². The Bertz CT molecular complexity index is 734. The van der Waals surface area contributed by atoms with E-state index >= 15 is 0 Å². The standard InChI is InChI=1S/C16H15NO3/c1-10-7-13(11(2)19-10)9-17-16(18)15-8-12-5-3-4-6-14(12)20-15/h3-8H,9H2,1-2H3,(H,17,18). The molecule has 0 bridgehead atoms. The SMILES string of the molecule is Cc1cc(CNC(=O)c2cc3ccccc3o2)c(C)o1. The molecule has 3 rings (SSSR count). The van der Waals surface area contributed by atoms with E-state index in [4.69, 9.17) is 8.83 Å². The van der Waals surface area contributed by atoms with Crippen LogP contribution in [0.2, 0.25) is 0 Å². The normalized spacial score (nSPS) is 10.9. The Morgan fingerprint density at radius 2 is 1.95 bits per heavy atom. The summed E-state index contributed by atoms with van der Waals surface area (Å²) in [4.78, 5) is 12.1. The Kier molecular flexibility index (Phi) is 3.06. The molecule has 0 radical (unpaired) electrons. The van der Waals surface area contributed by atoms with E-state index in [0.717, 1.165) is 22.5 Å². The van der Waals surface area contributed by atoms with Gasteiger partial charge < -0.3 is 14.2 Å². The Balaban J connectivity index is 1.74. The fraction of sp³-hybridized carbons (Fsp3) is 0.188. The van der Waals surface area contributed by atoms with Crippen LogP contribution in [-0.2, 0) is 6.54 Å². The quantitative estimate of drug-likeness (QED) is 0.790. The van der Waals surface area contributed by atoms with Crippen LogP contribution in [0, 0.1) is 13.8 Å². The van der Waals surface area contributed by atoms with Gasteiger partial charge in [-0.1, -0.05) is 18.2 Å². The molecule has 0 unspecified atom stereocenters. The summed E-state index contributed by atoms with van der Waals surface area (Å²) in [6, 6.07) is 11.2. The predicted octanol–water partition coefficient (Wildman–Crippen LogP) is 3.57. The van der Waals surface area contributed by atoms with Crippen LogP contribution in [0.15, 0.2) is 45.2 Å². The van der Waals surface area contributed by atoms with Crippen molar-refractivity contribution in [3.63, 3.8) is 0 Å². The molecule has 2 heterocycles. The number of furan rings is 2. The van der Waals surface area contributed by atoms with Crippen LogP contribution in [-0.4, -0.2) is 5.91 Å². The molecule has 4 nitrogen and oxygen atoms in total. The van der Waals surface area contributed by atoms with E-state index in [1.807, 2.05) is 44.2 Å². The van der Waals surface area contributed by atoms with Gasteiger partial charge in [0.05, 0.1) is 0 Å². The lowest BCUT2D eigenvalue weighted by molar-refractivity contribution is 0.0925. The van der Waals surface area contributed by atoms with Crippen molar-refractivity contribution in [3.05, 3.63) is 59.2 Å². The number of amides is 1. The molecular formula is C16H15NO3. The van der Waals surface area contributed by atoms with Gasteiger partial charge in [-0.05, 0) is 32.0 Å². The van der Waals surface area contributed by atoms with E-state index in [1.165, 1.54) is 0 Å². The van der Waals surface area contributed by atoms with Crippen molar-refractivity contribution in [1.82, 2.24) is 5.32 Å². The molecule has 0 aliphatic carbocycles. The second-order valence-corrected chi connectivity index (χ2v) is 4.77. The summed E-state index contributed by atoms with van der Waals surface area (Å²) in [5.74, 6) is 1.77. The van der Waals surface area contributed by atoms with E-state index in [9.17, 15) is 4.79 Å². The van der Waals surface area contributed by atoms with Gasteiger partial charge in [0.1, 0.15) is 17.1 Å². The van der Waals surface area contributed by atoms with Crippen LogP contribution in [0.1, 0.15) is 27.6 Å². The van der Waals surface area contributed by atoms with E-state index in [-0.39, 0.29) is 5.91 Å². The molecule has 1 amide bonds. The molecule has 4 heteroatoms. The molecule has 0 atom stereocenters. The monoisotopic (exact) mass is 269 g/mol. The highest BCUT2D eigenvalue weighted by Crippen LogP contribution is 2.19. The van der Waals surface area contributed by atoms with Crippen molar-refractivity contribution in [2.75, 3.05) is 0 Å². The minimum absolute atomic E-state index is 0.223. The number of carbonyl (C=O) groups excluding carboxylic acids is 1. The molecule has 0 saturated heterocycles. The third-order valence-corrected chi connectivity index (χ3v) is 3.23. The third kappa shape index (κ3) is 2.32. The van der Waals surface area contributed by atoms with Crippen LogP contribution in [0.4, 0.5) is 0 Å². The predicted molar refractivity (Wildman–Crippen MR) is 75.6 cm³/mol. The summed E-state index contributed by atoms with van der Waals surface area (Å²) in [7, 11) is 0. The summed E-state index contributed by atoms with van der Waals surface area (Å²) in [6.07, 6.45) is 0. The van der Waals surface area contributed by atoms with Gasteiger partial charge >= 0.3 is 0 Å². The van der Waals surface area contributed by atoms with Crippen molar-refractivity contribution in [1.29, 1.82) is 0 Å². The largest absolute Gasteiger partial charge is 0.466 e. The fourth-order valence-corrected chi connectivity index (χ4v) is 2.22. The molecule has 1 N–H and O–H groups in total. The first-order valence-electron chi connectivity index (χ1n) is 6.46. The number of para-hydroxylation sites is 1. The number of fused-ring (bicyclic) bond motifs is 1. The van der Waals surface area contributed by atoms with Crippen molar-refractivity contribution >= 4 is 16.9 Å². The lowest BCUT2D eigenvalue weighted by Crippen LogP contribution is -2.22. The molecule has 102 valence electrons. The molecule has 0 saturated carbocycles. The summed E-state index contributed by atoms with van der Waals surface area (Å²) in [6.45, 7) is 4.20. The summed E-state index contributed by atoms with van der Waals surface area (Å²) >= 11 is 0. The van der Waals surface area contributed by atoms with Gasteiger partial charge in [0.2, 0.25) is 0 Å². The van der Waals surface area contributed by atoms with Crippen molar-refractivity contribution in [3.8, 4) is 0 Å². The van der Waals surface area contributed by atoms with Gasteiger partial charge in [-0.25, -0.2) is 0 Å². The van der Waals surface area contributed by atoms with E-state index in [0.29, 0.717) is 17.9 Å². The molecule has 20 heavy (non-hydrogen) atoms. The fourth-order valence-electron chi connectivity index (χ4n) is 2.22. The second kappa shape index (κ2) is 4.89. The number of carbonyl (C=O) groups is 1. The highest BCUT2D eigenvalue weighted by molar-refractivity contribution is 5.96. The summed E-state index contributed by atoms with van der Waals surface area (Å²) in [5.41, 5.74) is 1.69. The number of aryl methyl sites for hydroxylation is 2. The lowest BCUT2D eigenvalue weighted by atomic mass is 10.2. The first-order valence-corrected chi connectivity index (χ1v) is 6.46. The lowest BCUT2D eigenvalue weighted by Gasteiger charge is -2.01. The maximum atomic E-state index is 12.1. The van der Waals surface area contributed by atoms with Crippen LogP contribution in [0.5, 0.6) is 0 Å². The second-order valence-electron chi connectivity index (χ2n) is 4.77. The minimum atomic E-state index is -0.223. The highest BCUT2D eigenvalue weighted by Gasteiger charge is 2.13. The highest BCUT2D eigenvalue weighted by atomic mass is 16.3. The number of hydrogen-bond donors (Lipinski definition) is 1. The van der Waals surface area contributed by atoms with Crippen LogP contribution < -0.4 is 5.32 Å². The van der Waals surface area contributed by atoms with Crippen LogP contribution >= 0.6 is 0 Å². The zero-order chi connectivity index (χ0) is 14.1. The van der Waals surface area contributed by atoms with Crippen molar-refractivity contribution < 1.29 is 13.6 Å². The van der Waals surface area contributed by atoms with Gasteiger partial charge in [-0.15, -0.1) is 0 Å². The van der Waals surface area contributed by atoms with E-state index < -0.39 is 0 Å². The summed E-state index contributed by atoms with van der Waals surface area (Å²) in [5, 5.41) is 3.76. The number of nitrogens with one attached hydrogen (secondary N) is 1. The smallest absolute Gasteiger partial charge is 0.287 e. The Labute approximate surface area is 116 Å². The van der Waals surface area contributed by atoms with Crippen molar-refractivity contribution in [2.24, 2.45) is 0 Å². The average molecular weight is 269 g/mol. The van der Waals surface area contributed by atoms with Gasteiger partial charge in [-0.3, -0.25) is 4.79 Å². The Morgan fingerprint density at radius 3 is 2.65 bits per heavy atom. The zero-order valence-electron chi connectivity index (χ0n) is 11.4. The zero-order valence-corrected chi connectivity index (χ0v) is 11.4. The van der Waals surface area contributed by atoms with Crippen LogP contribution in [0.3, 0.4) is 0 Å². The third-order valence-electron chi connectivity index (χ3n) is 3.23. The Hall–Kier alpha value is -2.49. The first-order chi connectivity index (χ1) is 9.63. The molecule has 2 aromatic heterocycles. The number of hydrogen-bond acceptors (Lipinski definition) is 3. The molecule has 0 spiro atoms. The first kappa shape index (κ1) is 12.5. The maximum Gasteiger partial charge on any atom is 0.287 e. The van der Waals surface area contributed by atoms with Gasteiger partial charge in [0.25, 0.3) is 5.91 Å².